The van der Waals surface area contributed by atoms with Crippen molar-refractivity contribution in [3.05, 3.63) is 12.2 Å². The molecular weight excluding hydrogens is 186 g/mol. The molecule has 88 valence electrons. The van der Waals surface area contributed by atoms with Crippen molar-refractivity contribution in [2.75, 3.05) is 26.2 Å². The molecule has 1 rings (SSSR count). The van der Waals surface area contributed by atoms with Crippen LogP contribution in [0.25, 0.3) is 0 Å². The highest BCUT2D eigenvalue weighted by atomic mass is 16.5. The van der Waals surface area contributed by atoms with Crippen molar-refractivity contribution in [3.8, 4) is 0 Å². The summed E-state index contributed by atoms with van der Waals surface area (Å²) in [6.45, 7) is 8.63. The van der Waals surface area contributed by atoms with Gasteiger partial charge in [-0.1, -0.05) is 25.0 Å². The number of nitrogens with zero attached hydrogens (tertiary/aromatic N) is 1. The summed E-state index contributed by atoms with van der Waals surface area (Å²) in [5, 5.41) is 0. The first kappa shape index (κ1) is 12.7. The Kier molecular flexibility index (Phi) is 6.69. The van der Waals surface area contributed by atoms with Crippen LogP contribution in [0.15, 0.2) is 12.2 Å². The van der Waals surface area contributed by atoms with E-state index in [1.807, 2.05) is 6.92 Å². The minimum Gasteiger partial charge on any atom is -0.373 e. The Bertz CT molecular complexity index is 171. The van der Waals surface area contributed by atoms with Gasteiger partial charge < -0.3 is 9.64 Å². The third kappa shape index (κ3) is 5.95. The van der Waals surface area contributed by atoms with E-state index < -0.39 is 0 Å². The molecule has 1 heterocycles. The van der Waals surface area contributed by atoms with Crippen LogP contribution in [0.5, 0.6) is 0 Å². The van der Waals surface area contributed by atoms with Crippen molar-refractivity contribution >= 4 is 0 Å². The summed E-state index contributed by atoms with van der Waals surface area (Å²) in [4.78, 5) is 2.54. The smallest absolute Gasteiger partial charge is 0.0728 e. The van der Waals surface area contributed by atoms with Gasteiger partial charge in [0, 0.05) is 6.54 Å². The Morgan fingerprint density at radius 2 is 1.87 bits per heavy atom. The Morgan fingerprint density at radius 1 is 1.20 bits per heavy atom. The van der Waals surface area contributed by atoms with Crippen molar-refractivity contribution < 1.29 is 4.74 Å². The molecular formula is C13H25NO. The Labute approximate surface area is 94.3 Å². The normalized spacial score (nSPS) is 21.7. The highest BCUT2D eigenvalue weighted by molar-refractivity contribution is 4.83. The lowest BCUT2D eigenvalue weighted by atomic mass is 10.2. The molecule has 1 unspecified atom stereocenters. The quantitative estimate of drug-likeness (QED) is 0.648. The first-order valence-corrected chi connectivity index (χ1v) is 6.29. The van der Waals surface area contributed by atoms with Crippen molar-refractivity contribution in [2.24, 2.45) is 0 Å². The third-order valence-corrected chi connectivity index (χ3v) is 2.95. The molecule has 0 amide bonds. The second-order valence-electron chi connectivity index (χ2n) is 4.36. The molecule has 0 aromatic carbocycles. The highest BCUT2D eigenvalue weighted by Crippen LogP contribution is 2.09. The molecule has 1 saturated heterocycles. The largest absolute Gasteiger partial charge is 0.373 e. The van der Waals surface area contributed by atoms with E-state index in [1.165, 1.54) is 38.8 Å². The molecule has 0 radical (unpaired) electrons. The number of ether oxygens (including phenoxy) is 1. The monoisotopic (exact) mass is 211 g/mol. The number of allylic oxidation sites excluding steroid dienone is 1. The van der Waals surface area contributed by atoms with Gasteiger partial charge in [-0.15, -0.1) is 0 Å². The first-order valence-electron chi connectivity index (χ1n) is 6.29. The molecule has 15 heavy (non-hydrogen) atoms. The zero-order valence-corrected chi connectivity index (χ0v) is 10.2. The maximum atomic E-state index is 5.70. The summed E-state index contributed by atoms with van der Waals surface area (Å²) in [5.41, 5.74) is 0. The Morgan fingerprint density at radius 3 is 2.47 bits per heavy atom. The van der Waals surface area contributed by atoms with Gasteiger partial charge in [0.2, 0.25) is 0 Å². The summed E-state index contributed by atoms with van der Waals surface area (Å²) < 4.78 is 5.70. The van der Waals surface area contributed by atoms with Gasteiger partial charge in [0.25, 0.3) is 0 Å². The zero-order valence-electron chi connectivity index (χ0n) is 10.2. The average molecular weight is 211 g/mol. The summed E-state index contributed by atoms with van der Waals surface area (Å²) >= 11 is 0. The molecule has 0 saturated carbocycles. The van der Waals surface area contributed by atoms with Gasteiger partial charge in [0.15, 0.2) is 0 Å². The van der Waals surface area contributed by atoms with Gasteiger partial charge >= 0.3 is 0 Å². The predicted molar refractivity (Wildman–Crippen MR) is 65.1 cm³/mol. The van der Waals surface area contributed by atoms with Crippen LogP contribution in [0.3, 0.4) is 0 Å². The van der Waals surface area contributed by atoms with Gasteiger partial charge in [-0.3, -0.25) is 0 Å². The van der Waals surface area contributed by atoms with Crippen molar-refractivity contribution in [1.29, 1.82) is 0 Å². The average Bonchev–Trinajstić information content (AvgIpc) is 2.47. The molecule has 1 fully saturated rings. The summed E-state index contributed by atoms with van der Waals surface area (Å²) in [7, 11) is 0. The first-order chi connectivity index (χ1) is 7.33. The van der Waals surface area contributed by atoms with Crippen molar-refractivity contribution in [1.82, 2.24) is 4.90 Å². The fourth-order valence-corrected chi connectivity index (χ4v) is 2.05. The molecule has 1 atom stereocenters. The molecule has 0 aromatic rings. The fraction of sp³-hybridized carbons (Fsp3) is 0.846. The van der Waals surface area contributed by atoms with E-state index in [0.717, 1.165) is 13.2 Å². The molecule has 0 bridgehead atoms. The van der Waals surface area contributed by atoms with Crippen molar-refractivity contribution in [2.45, 2.75) is 45.6 Å². The number of rotatable bonds is 5. The van der Waals surface area contributed by atoms with Crippen LogP contribution in [0.2, 0.25) is 0 Å². The molecule has 0 aromatic heterocycles. The minimum absolute atomic E-state index is 0.266. The van der Waals surface area contributed by atoms with E-state index in [-0.39, 0.29) is 6.10 Å². The maximum Gasteiger partial charge on any atom is 0.0728 e. The van der Waals surface area contributed by atoms with Crippen LogP contribution in [0.4, 0.5) is 0 Å². The van der Waals surface area contributed by atoms with Crippen LogP contribution in [-0.4, -0.2) is 37.2 Å². The van der Waals surface area contributed by atoms with E-state index in [1.54, 1.807) is 0 Å². The SMILES string of the molecule is C/C=C\C(C)OCCN1CCCCCC1. The molecule has 2 nitrogen and oxygen atoms in total. The molecule has 1 aliphatic heterocycles. The topological polar surface area (TPSA) is 12.5 Å². The lowest BCUT2D eigenvalue weighted by Crippen LogP contribution is -2.29. The summed E-state index contributed by atoms with van der Waals surface area (Å²) in [6.07, 6.45) is 9.97. The Balaban J connectivity index is 2.07. The van der Waals surface area contributed by atoms with Gasteiger partial charge in [0.1, 0.15) is 0 Å². The second-order valence-corrected chi connectivity index (χ2v) is 4.36. The molecule has 1 aliphatic rings. The number of hydrogen-bond acceptors (Lipinski definition) is 2. The molecule has 0 aliphatic carbocycles. The number of hydrogen-bond donors (Lipinski definition) is 0. The van der Waals surface area contributed by atoms with Gasteiger partial charge in [-0.2, -0.15) is 0 Å². The van der Waals surface area contributed by atoms with E-state index in [0.29, 0.717) is 0 Å². The maximum absolute atomic E-state index is 5.70. The minimum atomic E-state index is 0.266. The van der Waals surface area contributed by atoms with Gasteiger partial charge in [0.05, 0.1) is 12.7 Å². The summed E-state index contributed by atoms with van der Waals surface area (Å²) in [5.74, 6) is 0. The summed E-state index contributed by atoms with van der Waals surface area (Å²) in [6, 6.07) is 0. The lowest BCUT2D eigenvalue weighted by Gasteiger charge is -2.20. The Hall–Kier alpha value is -0.340. The standard InChI is InChI=1S/C13H25NO/c1-3-8-13(2)15-12-11-14-9-6-4-5-7-10-14/h3,8,13H,4-7,9-12H2,1-2H3/b8-3-. The van der Waals surface area contributed by atoms with E-state index in [9.17, 15) is 0 Å². The second kappa shape index (κ2) is 7.89. The van der Waals surface area contributed by atoms with Crippen LogP contribution in [0.1, 0.15) is 39.5 Å². The molecule has 2 heteroatoms. The van der Waals surface area contributed by atoms with Gasteiger partial charge in [-0.05, 0) is 39.8 Å². The van der Waals surface area contributed by atoms with E-state index in [4.69, 9.17) is 4.74 Å². The predicted octanol–water partition coefficient (Wildman–Crippen LogP) is 2.84. The third-order valence-electron chi connectivity index (χ3n) is 2.95. The highest BCUT2D eigenvalue weighted by Gasteiger charge is 2.08. The zero-order chi connectivity index (χ0) is 10.9. The van der Waals surface area contributed by atoms with Crippen LogP contribution >= 0.6 is 0 Å². The van der Waals surface area contributed by atoms with Crippen LogP contribution in [-0.2, 0) is 4.74 Å². The van der Waals surface area contributed by atoms with E-state index in [2.05, 4.69) is 24.0 Å². The van der Waals surface area contributed by atoms with Crippen LogP contribution < -0.4 is 0 Å². The number of likely N-dealkylation sites (tertiary alicyclic amines) is 1. The lowest BCUT2D eigenvalue weighted by molar-refractivity contribution is 0.0751. The van der Waals surface area contributed by atoms with Crippen LogP contribution in [0, 0.1) is 0 Å². The fourth-order valence-electron chi connectivity index (χ4n) is 2.05. The van der Waals surface area contributed by atoms with Gasteiger partial charge in [-0.25, -0.2) is 0 Å². The van der Waals surface area contributed by atoms with Crippen molar-refractivity contribution in [3.63, 3.8) is 0 Å². The van der Waals surface area contributed by atoms with E-state index >= 15 is 0 Å². The molecule has 0 spiro atoms. The molecule has 0 N–H and O–H groups in total.